The minimum absolute atomic E-state index is 0.00999. The van der Waals surface area contributed by atoms with Crippen molar-refractivity contribution in [3.63, 3.8) is 0 Å². The van der Waals surface area contributed by atoms with Crippen LogP contribution >= 0.6 is 0 Å². The number of carboxylic acid groups (broad SMARTS) is 1. The van der Waals surface area contributed by atoms with Gasteiger partial charge in [0.25, 0.3) is 5.91 Å². The summed E-state index contributed by atoms with van der Waals surface area (Å²) < 4.78 is 3.45. The molecule has 2 fully saturated rings. The van der Waals surface area contributed by atoms with Gasteiger partial charge in [-0.2, -0.15) is 5.10 Å². The van der Waals surface area contributed by atoms with E-state index in [0.717, 1.165) is 61.2 Å². The van der Waals surface area contributed by atoms with Crippen LogP contribution in [0.4, 0.5) is 0 Å². The van der Waals surface area contributed by atoms with Gasteiger partial charge < -0.3 is 10.0 Å². The third-order valence-corrected chi connectivity index (χ3v) is 8.50. The van der Waals surface area contributed by atoms with E-state index in [2.05, 4.69) is 22.1 Å². The topological polar surface area (TPSA) is 106 Å². The van der Waals surface area contributed by atoms with Crippen molar-refractivity contribution in [2.75, 3.05) is 6.54 Å². The predicted octanol–water partition coefficient (Wildman–Crippen LogP) is 5.74. The Kier molecular flexibility index (Phi) is 7.19. The lowest BCUT2D eigenvalue weighted by Gasteiger charge is -2.36. The fourth-order valence-corrected chi connectivity index (χ4v) is 6.42. The van der Waals surface area contributed by atoms with Gasteiger partial charge in [0.05, 0.1) is 22.8 Å². The van der Waals surface area contributed by atoms with Crippen molar-refractivity contribution in [3.8, 4) is 16.8 Å². The highest BCUT2D eigenvalue weighted by Gasteiger charge is 2.46. The van der Waals surface area contributed by atoms with Crippen LogP contribution < -0.4 is 0 Å². The first kappa shape index (κ1) is 26.9. The smallest absolute Gasteiger partial charge is 0.339 e. The molecule has 0 spiro atoms. The highest BCUT2D eigenvalue weighted by atomic mass is 16.4. The summed E-state index contributed by atoms with van der Waals surface area (Å²) in [7, 11) is 1.83. The summed E-state index contributed by atoms with van der Waals surface area (Å²) in [6, 6.07) is 16.1. The number of hydrogen-bond acceptors (Lipinski definition) is 5. The van der Waals surface area contributed by atoms with Crippen LogP contribution in [0.3, 0.4) is 0 Å². The van der Waals surface area contributed by atoms with Gasteiger partial charge in [-0.25, -0.2) is 9.48 Å². The maximum atomic E-state index is 13.6. The molecule has 2 aromatic heterocycles. The molecule has 0 bridgehead atoms. The molecule has 212 valence electrons. The molecule has 9 nitrogen and oxygen atoms in total. The molecule has 1 amide bonds. The molecular formula is C32H36N6O3. The lowest BCUT2D eigenvalue weighted by Crippen LogP contribution is -2.43. The van der Waals surface area contributed by atoms with Crippen LogP contribution in [0.25, 0.3) is 16.8 Å². The van der Waals surface area contributed by atoms with Gasteiger partial charge >= 0.3 is 5.97 Å². The maximum absolute atomic E-state index is 13.6. The van der Waals surface area contributed by atoms with Crippen molar-refractivity contribution in [1.29, 1.82) is 0 Å². The molecule has 41 heavy (non-hydrogen) atoms. The zero-order chi connectivity index (χ0) is 28.7. The molecule has 0 radical (unpaired) electrons. The lowest BCUT2D eigenvalue weighted by molar-refractivity contribution is 0.0600. The van der Waals surface area contributed by atoms with E-state index >= 15 is 0 Å². The van der Waals surface area contributed by atoms with Gasteiger partial charge in [-0.05, 0) is 74.4 Å². The summed E-state index contributed by atoms with van der Waals surface area (Å²) in [6.07, 6.45) is 8.10. The molecule has 1 saturated carbocycles. The van der Waals surface area contributed by atoms with E-state index in [1.807, 2.05) is 61.8 Å². The Bertz CT molecular complexity index is 1600. The fourth-order valence-electron chi connectivity index (χ4n) is 6.42. The Morgan fingerprint density at radius 1 is 1.05 bits per heavy atom. The van der Waals surface area contributed by atoms with Gasteiger partial charge in [0.1, 0.15) is 5.56 Å². The Hall–Kier alpha value is -4.27. The highest BCUT2D eigenvalue weighted by molar-refractivity contribution is 5.96. The molecule has 9 heteroatoms. The predicted molar refractivity (Wildman–Crippen MR) is 155 cm³/mol. The van der Waals surface area contributed by atoms with Gasteiger partial charge in [-0.15, -0.1) is 5.10 Å². The summed E-state index contributed by atoms with van der Waals surface area (Å²) in [5, 5.41) is 23.1. The average Bonchev–Trinajstić information content (AvgIpc) is 3.51. The van der Waals surface area contributed by atoms with Crippen molar-refractivity contribution in [2.24, 2.45) is 7.05 Å². The van der Waals surface area contributed by atoms with Crippen molar-refractivity contribution in [2.45, 2.75) is 70.3 Å². The van der Waals surface area contributed by atoms with Gasteiger partial charge in [-0.3, -0.25) is 9.48 Å². The molecule has 1 saturated heterocycles. The summed E-state index contributed by atoms with van der Waals surface area (Å²) in [4.78, 5) is 28.0. The van der Waals surface area contributed by atoms with Crippen LogP contribution in [-0.2, 0) is 7.05 Å². The normalized spacial score (nSPS) is 20.3. The molecule has 2 aromatic carbocycles. The molecule has 3 atom stereocenters. The Balaban J connectivity index is 1.33. The number of nitrogens with zero attached hydrogens (tertiary/aromatic N) is 6. The molecule has 2 aliphatic rings. The van der Waals surface area contributed by atoms with Crippen molar-refractivity contribution >= 4 is 11.9 Å². The first-order valence-corrected chi connectivity index (χ1v) is 14.6. The highest BCUT2D eigenvalue weighted by Crippen LogP contribution is 2.55. The van der Waals surface area contributed by atoms with E-state index < -0.39 is 5.97 Å². The zero-order valence-corrected chi connectivity index (χ0v) is 23.8. The number of carboxylic acids is 1. The monoisotopic (exact) mass is 552 g/mol. The van der Waals surface area contributed by atoms with Crippen molar-refractivity contribution in [1.82, 2.24) is 29.7 Å². The van der Waals surface area contributed by atoms with E-state index in [1.54, 1.807) is 16.3 Å². The van der Waals surface area contributed by atoms with Crippen LogP contribution in [0.2, 0.25) is 0 Å². The molecule has 6 rings (SSSR count). The van der Waals surface area contributed by atoms with E-state index in [1.165, 1.54) is 6.42 Å². The fraction of sp³-hybridized carbons (Fsp3) is 0.406. The minimum Gasteiger partial charge on any atom is -0.478 e. The first-order chi connectivity index (χ1) is 19.9. The Morgan fingerprint density at radius 3 is 2.56 bits per heavy atom. The van der Waals surface area contributed by atoms with Crippen molar-refractivity contribution in [3.05, 3.63) is 82.9 Å². The third-order valence-electron chi connectivity index (χ3n) is 8.50. The Labute approximate surface area is 239 Å². The number of hydrogen-bond donors (Lipinski definition) is 1. The van der Waals surface area contributed by atoms with Crippen LogP contribution in [0.15, 0.2) is 54.7 Å². The largest absolute Gasteiger partial charge is 0.478 e. The second-order valence-corrected chi connectivity index (χ2v) is 11.4. The SMILES string of the molecule is CCCC1CCCCN1C(=O)c1cccc(-c2cccc(-n3nc(C)c(C(=O)O)c3C3CC3c3cn(C)nn3)c2)c1. The number of likely N-dealkylation sites (tertiary alicyclic amines) is 1. The second-order valence-electron chi connectivity index (χ2n) is 11.4. The molecule has 1 N–H and O–H groups in total. The summed E-state index contributed by atoms with van der Waals surface area (Å²) in [6.45, 7) is 4.73. The number of benzene rings is 2. The van der Waals surface area contributed by atoms with Crippen LogP contribution in [0.1, 0.15) is 95.1 Å². The summed E-state index contributed by atoms with van der Waals surface area (Å²) in [5.74, 6) is -0.783. The van der Waals surface area contributed by atoms with E-state index in [4.69, 9.17) is 5.10 Å². The number of amides is 1. The molecule has 1 aliphatic carbocycles. The van der Waals surface area contributed by atoms with Crippen LogP contribution in [-0.4, -0.2) is 59.2 Å². The summed E-state index contributed by atoms with van der Waals surface area (Å²) >= 11 is 0. The number of aromatic carboxylic acids is 1. The van der Waals surface area contributed by atoms with E-state index in [9.17, 15) is 14.7 Å². The van der Waals surface area contributed by atoms with E-state index in [0.29, 0.717) is 23.0 Å². The van der Waals surface area contributed by atoms with Gasteiger partial charge in [0.15, 0.2) is 0 Å². The number of rotatable bonds is 8. The zero-order valence-electron chi connectivity index (χ0n) is 23.8. The van der Waals surface area contributed by atoms with Crippen LogP contribution in [0.5, 0.6) is 0 Å². The lowest BCUT2D eigenvalue weighted by atomic mass is 9.96. The molecule has 3 unspecified atom stereocenters. The summed E-state index contributed by atoms with van der Waals surface area (Å²) in [5.41, 5.74) is 5.66. The van der Waals surface area contributed by atoms with Crippen molar-refractivity contribution < 1.29 is 14.7 Å². The maximum Gasteiger partial charge on any atom is 0.339 e. The standard InChI is InChI=1S/C32H36N6O3/c1-4-9-24-13-5-6-15-37(24)31(39)23-12-7-10-21(16-23)22-11-8-14-25(17-22)38-30(29(32(40)41)20(2)34-38)27-18-26(27)28-19-36(3)35-33-28/h7-8,10-12,14,16-17,19,24,26-27H,4-6,9,13,15,18H2,1-3H3,(H,40,41). The number of aromatic nitrogens is 5. The quantitative estimate of drug-likeness (QED) is 0.299. The average molecular weight is 553 g/mol. The number of carbonyl (C=O) groups is 2. The van der Waals surface area contributed by atoms with Gasteiger partial charge in [0, 0.05) is 43.2 Å². The minimum atomic E-state index is -0.977. The number of carbonyl (C=O) groups excluding carboxylic acids is 1. The molecule has 1 aliphatic heterocycles. The van der Waals surface area contributed by atoms with Gasteiger partial charge in [0.2, 0.25) is 0 Å². The molecular weight excluding hydrogens is 516 g/mol. The van der Waals surface area contributed by atoms with E-state index in [-0.39, 0.29) is 23.3 Å². The van der Waals surface area contributed by atoms with Crippen LogP contribution in [0, 0.1) is 6.92 Å². The number of aryl methyl sites for hydroxylation is 2. The molecule has 4 aromatic rings. The molecule has 3 heterocycles. The number of piperidine rings is 1. The second kappa shape index (κ2) is 11.0. The Morgan fingerprint density at radius 2 is 1.83 bits per heavy atom. The van der Waals surface area contributed by atoms with Gasteiger partial charge in [-0.1, -0.05) is 42.8 Å². The third kappa shape index (κ3) is 5.16. The first-order valence-electron chi connectivity index (χ1n) is 14.6.